The lowest BCUT2D eigenvalue weighted by molar-refractivity contribution is 0.0658. The molecule has 1 aromatic carbocycles. The van der Waals surface area contributed by atoms with Gasteiger partial charge in [-0.15, -0.1) is 0 Å². The van der Waals surface area contributed by atoms with Crippen LogP contribution in [0.25, 0.3) is 16.8 Å². The van der Waals surface area contributed by atoms with Crippen molar-refractivity contribution < 1.29 is 4.79 Å². The fraction of sp³-hybridized carbons (Fsp3) is 0.435. The molecule has 0 spiro atoms. The van der Waals surface area contributed by atoms with Crippen LogP contribution in [0.4, 0.5) is 0 Å². The summed E-state index contributed by atoms with van der Waals surface area (Å²) < 4.78 is 1.92. The van der Waals surface area contributed by atoms with Gasteiger partial charge >= 0.3 is 0 Å². The Morgan fingerprint density at radius 1 is 1.03 bits per heavy atom. The molecule has 0 atom stereocenters. The van der Waals surface area contributed by atoms with Crippen LogP contribution < -0.4 is 0 Å². The Morgan fingerprint density at radius 2 is 1.69 bits per heavy atom. The smallest absolute Gasteiger partial charge is 0.272 e. The van der Waals surface area contributed by atoms with E-state index in [1.165, 1.54) is 0 Å². The van der Waals surface area contributed by atoms with Gasteiger partial charge in [0.2, 0.25) is 0 Å². The van der Waals surface area contributed by atoms with Gasteiger partial charge in [0.1, 0.15) is 5.69 Å². The van der Waals surface area contributed by atoms with Gasteiger partial charge in [0, 0.05) is 37.2 Å². The number of carbonyl (C=O) groups excluding carboxylic acids is 1. The third kappa shape index (κ3) is 3.65. The van der Waals surface area contributed by atoms with Crippen LogP contribution in [-0.2, 0) is 5.41 Å². The van der Waals surface area contributed by atoms with Crippen LogP contribution in [0.3, 0.4) is 0 Å². The number of nitrogens with zero attached hydrogens (tertiary/aromatic N) is 5. The van der Waals surface area contributed by atoms with E-state index in [2.05, 4.69) is 44.9 Å². The summed E-state index contributed by atoms with van der Waals surface area (Å²) in [5.74, 6) is 0.00367. The van der Waals surface area contributed by atoms with E-state index in [1.54, 1.807) is 0 Å². The zero-order valence-corrected chi connectivity index (χ0v) is 17.9. The fourth-order valence-corrected chi connectivity index (χ4v) is 3.88. The molecule has 0 unspecified atom stereocenters. The van der Waals surface area contributed by atoms with Crippen molar-refractivity contribution in [3.05, 3.63) is 53.5 Å². The lowest BCUT2D eigenvalue weighted by Crippen LogP contribution is -2.47. The molecule has 1 aliphatic heterocycles. The molecule has 6 heteroatoms. The minimum absolute atomic E-state index is 0.00367. The number of fused-ring (bicyclic) bond motifs is 1. The number of aryl methyl sites for hydroxylation is 1. The zero-order chi connectivity index (χ0) is 20.8. The number of amides is 1. The highest BCUT2D eigenvalue weighted by Gasteiger charge is 2.27. The molecule has 6 nitrogen and oxygen atoms in total. The highest BCUT2D eigenvalue weighted by atomic mass is 16.2. The summed E-state index contributed by atoms with van der Waals surface area (Å²) in [4.78, 5) is 22.3. The maximum Gasteiger partial charge on any atom is 0.272 e. The summed E-state index contributed by atoms with van der Waals surface area (Å²) in [6.45, 7) is 11.7. The summed E-state index contributed by atoms with van der Waals surface area (Å²) in [5.41, 5.74) is 5.04. The van der Waals surface area contributed by atoms with Crippen LogP contribution in [0.5, 0.6) is 0 Å². The molecule has 2 aromatic heterocycles. The lowest BCUT2D eigenvalue weighted by atomic mass is 9.91. The van der Waals surface area contributed by atoms with Crippen molar-refractivity contribution in [2.75, 3.05) is 33.2 Å². The molecule has 1 fully saturated rings. The van der Waals surface area contributed by atoms with Crippen LogP contribution in [-0.4, -0.2) is 63.5 Å². The molecule has 0 N–H and O–H groups in total. The number of benzene rings is 1. The fourth-order valence-electron chi connectivity index (χ4n) is 3.88. The average Bonchev–Trinajstić information content (AvgIpc) is 3.02. The molecule has 0 radical (unpaired) electrons. The van der Waals surface area contributed by atoms with Crippen LogP contribution in [0.15, 0.2) is 36.4 Å². The van der Waals surface area contributed by atoms with Crippen LogP contribution in [0, 0.1) is 6.92 Å². The summed E-state index contributed by atoms with van der Waals surface area (Å²) in [5, 5.41) is 4.80. The second-order valence-electron chi connectivity index (χ2n) is 8.93. The highest BCUT2D eigenvalue weighted by Crippen LogP contribution is 2.31. The SMILES string of the molecule is Cc1nn2c(C(C)(C)C)cc(C(=O)N3CCN(C)CC3)nc2c1-c1ccccc1. The predicted molar refractivity (Wildman–Crippen MR) is 115 cm³/mol. The van der Waals surface area contributed by atoms with E-state index in [1.807, 2.05) is 40.6 Å². The van der Waals surface area contributed by atoms with E-state index >= 15 is 0 Å². The molecule has 0 bridgehead atoms. The van der Waals surface area contributed by atoms with E-state index in [4.69, 9.17) is 10.1 Å². The van der Waals surface area contributed by atoms with Gasteiger partial charge in [0.25, 0.3) is 5.91 Å². The Hall–Kier alpha value is -2.73. The number of hydrogen-bond acceptors (Lipinski definition) is 4. The molecule has 152 valence electrons. The van der Waals surface area contributed by atoms with Gasteiger partial charge in [-0.3, -0.25) is 4.79 Å². The molecule has 1 aliphatic rings. The normalized spacial score (nSPS) is 15.8. The van der Waals surface area contributed by atoms with Crippen molar-refractivity contribution in [2.24, 2.45) is 0 Å². The number of aromatic nitrogens is 3. The molecule has 4 rings (SSSR count). The average molecular weight is 392 g/mol. The van der Waals surface area contributed by atoms with E-state index in [-0.39, 0.29) is 11.3 Å². The molecular formula is C23H29N5O. The molecule has 29 heavy (non-hydrogen) atoms. The molecule has 3 heterocycles. The van der Waals surface area contributed by atoms with Gasteiger partial charge in [-0.25, -0.2) is 9.50 Å². The Labute approximate surface area is 172 Å². The van der Waals surface area contributed by atoms with Crippen LogP contribution in [0.1, 0.15) is 42.6 Å². The molecule has 0 saturated carbocycles. The quantitative estimate of drug-likeness (QED) is 0.672. The Morgan fingerprint density at radius 3 is 2.31 bits per heavy atom. The number of hydrogen-bond donors (Lipinski definition) is 0. The zero-order valence-electron chi connectivity index (χ0n) is 17.9. The summed E-state index contributed by atoms with van der Waals surface area (Å²) in [6, 6.07) is 12.1. The van der Waals surface area contributed by atoms with E-state index in [0.29, 0.717) is 5.69 Å². The molecule has 1 amide bonds. The Kier molecular flexibility index (Phi) is 4.90. The van der Waals surface area contributed by atoms with Gasteiger partial charge in [-0.2, -0.15) is 5.10 Å². The molecule has 0 aliphatic carbocycles. The van der Waals surface area contributed by atoms with Crippen LogP contribution >= 0.6 is 0 Å². The number of carbonyl (C=O) groups is 1. The van der Waals surface area contributed by atoms with Gasteiger partial charge in [-0.05, 0) is 25.6 Å². The van der Waals surface area contributed by atoms with E-state index in [9.17, 15) is 4.79 Å². The summed E-state index contributed by atoms with van der Waals surface area (Å²) >= 11 is 0. The minimum atomic E-state index is -0.176. The standard InChI is InChI=1S/C23H29N5O/c1-16-20(17-9-7-6-8-10-17)21-24-18(15-19(23(2,3)4)28(21)25-16)22(29)27-13-11-26(5)12-14-27/h6-10,15H,11-14H2,1-5H3. The van der Waals surface area contributed by atoms with E-state index < -0.39 is 0 Å². The largest absolute Gasteiger partial charge is 0.335 e. The second-order valence-corrected chi connectivity index (χ2v) is 8.93. The van der Waals surface area contributed by atoms with Crippen molar-refractivity contribution >= 4 is 11.6 Å². The monoisotopic (exact) mass is 391 g/mol. The first-order valence-electron chi connectivity index (χ1n) is 10.2. The molecular weight excluding hydrogens is 362 g/mol. The maximum atomic E-state index is 13.3. The third-order valence-electron chi connectivity index (χ3n) is 5.60. The number of piperazine rings is 1. The van der Waals surface area contributed by atoms with Gasteiger partial charge in [0.15, 0.2) is 5.65 Å². The first-order valence-corrected chi connectivity index (χ1v) is 10.2. The van der Waals surface area contributed by atoms with Gasteiger partial charge in [0.05, 0.1) is 11.4 Å². The van der Waals surface area contributed by atoms with Gasteiger partial charge in [-0.1, -0.05) is 51.1 Å². The summed E-state index contributed by atoms with van der Waals surface area (Å²) in [6.07, 6.45) is 0. The predicted octanol–water partition coefficient (Wildman–Crippen LogP) is 3.39. The Bertz CT molecular complexity index is 1040. The Balaban J connectivity index is 1.89. The van der Waals surface area contributed by atoms with Crippen molar-refractivity contribution in [1.29, 1.82) is 0 Å². The van der Waals surface area contributed by atoms with Gasteiger partial charge < -0.3 is 9.80 Å². The lowest BCUT2D eigenvalue weighted by Gasteiger charge is -2.32. The summed E-state index contributed by atoms with van der Waals surface area (Å²) in [7, 11) is 2.09. The third-order valence-corrected chi connectivity index (χ3v) is 5.60. The number of likely N-dealkylation sites (N-methyl/N-ethyl adjacent to an activating group) is 1. The topological polar surface area (TPSA) is 53.7 Å². The second kappa shape index (κ2) is 7.26. The van der Waals surface area contributed by atoms with E-state index in [0.717, 1.165) is 54.3 Å². The minimum Gasteiger partial charge on any atom is -0.335 e. The van der Waals surface area contributed by atoms with Crippen molar-refractivity contribution in [2.45, 2.75) is 33.1 Å². The molecule has 3 aromatic rings. The maximum absolute atomic E-state index is 13.3. The highest BCUT2D eigenvalue weighted by molar-refractivity contribution is 5.94. The van der Waals surface area contributed by atoms with Crippen LogP contribution in [0.2, 0.25) is 0 Å². The van der Waals surface area contributed by atoms with Crippen molar-refractivity contribution in [3.63, 3.8) is 0 Å². The number of rotatable bonds is 2. The van der Waals surface area contributed by atoms with Crippen molar-refractivity contribution in [1.82, 2.24) is 24.4 Å². The van der Waals surface area contributed by atoms with Crippen molar-refractivity contribution in [3.8, 4) is 11.1 Å². The first-order chi connectivity index (χ1) is 13.8. The molecule has 1 saturated heterocycles. The first kappa shape index (κ1) is 19.6.